The van der Waals surface area contributed by atoms with E-state index in [0.29, 0.717) is 12.8 Å². The molecule has 0 radical (unpaired) electrons. The number of carbonyl (C=O) groups excluding carboxylic acids is 2. The monoisotopic (exact) mass is 439 g/mol. The van der Waals surface area contributed by atoms with Crippen LogP contribution in [0, 0.1) is 10.1 Å². The van der Waals surface area contributed by atoms with Gasteiger partial charge in [-0.05, 0) is 53.0 Å². The van der Waals surface area contributed by atoms with Gasteiger partial charge in [0.2, 0.25) is 0 Å². The number of hydrogen-bond donors (Lipinski definition) is 3. The Bertz CT molecular complexity index is 791. The van der Waals surface area contributed by atoms with Crippen molar-refractivity contribution in [2.24, 2.45) is 0 Å². The van der Waals surface area contributed by atoms with Crippen LogP contribution in [0.15, 0.2) is 24.3 Å². The van der Waals surface area contributed by atoms with Crippen LogP contribution in [0.5, 0.6) is 0 Å². The lowest BCUT2D eigenvalue weighted by atomic mass is 10.1. The van der Waals surface area contributed by atoms with E-state index in [1.807, 2.05) is 0 Å². The lowest BCUT2D eigenvalue weighted by Crippen LogP contribution is -2.43. The van der Waals surface area contributed by atoms with E-state index in [-0.39, 0.29) is 24.2 Å². The molecule has 0 heterocycles. The Morgan fingerprint density at radius 3 is 2.39 bits per heavy atom. The maximum absolute atomic E-state index is 11.9. The van der Waals surface area contributed by atoms with Crippen LogP contribution in [-0.2, 0) is 14.3 Å². The second-order valence-corrected chi connectivity index (χ2v) is 7.82. The summed E-state index contributed by atoms with van der Waals surface area (Å²) in [5.74, 6) is -1.18. The van der Waals surface area contributed by atoms with Gasteiger partial charge in [0.15, 0.2) is 0 Å². The summed E-state index contributed by atoms with van der Waals surface area (Å²) in [5, 5.41) is 25.1. The SMILES string of the molecule is CC(OC(=O)NCCCCC(NC(=O)OC(C)(C)C)C(=O)O)c1ccccc1[N+](=O)[O-]. The van der Waals surface area contributed by atoms with Crippen molar-refractivity contribution < 1.29 is 33.9 Å². The second kappa shape index (κ2) is 11.7. The van der Waals surface area contributed by atoms with Crippen molar-refractivity contribution in [1.29, 1.82) is 0 Å². The first-order valence-corrected chi connectivity index (χ1v) is 9.81. The third kappa shape index (κ3) is 9.79. The van der Waals surface area contributed by atoms with Gasteiger partial charge in [-0.25, -0.2) is 14.4 Å². The molecule has 0 aliphatic heterocycles. The molecule has 11 heteroatoms. The van der Waals surface area contributed by atoms with Crippen molar-refractivity contribution >= 4 is 23.8 Å². The highest BCUT2D eigenvalue weighted by atomic mass is 16.6. The number of carboxylic acids is 1. The number of nitrogens with one attached hydrogen (secondary N) is 2. The smallest absolute Gasteiger partial charge is 0.408 e. The number of rotatable bonds is 10. The van der Waals surface area contributed by atoms with Gasteiger partial charge in [-0.15, -0.1) is 0 Å². The van der Waals surface area contributed by atoms with Gasteiger partial charge in [0.05, 0.1) is 10.5 Å². The molecular formula is C20H29N3O8. The third-order valence-electron chi connectivity index (χ3n) is 4.03. The standard InChI is InChI=1S/C20H29N3O8/c1-13(14-9-5-6-11-16(14)23(28)29)30-18(26)21-12-8-7-10-15(17(24)25)22-19(27)31-20(2,3)4/h5-6,9,11,13,15H,7-8,10,12H2,1-4H3,(H,21,26)(H,22,27)(H,24,25). The van der Waals surface area contributed by atoms with Crippen LogP contribution in [0.1, 0.15) is 58.6 Å². The molecule has 0 spiro atoms. The summed E-state index contributed by atoms with van der Waals surface area (Å²) in [6, 6.07) is 4.87. The summed E-state index contributed by atoms with van der Waals surface area (Å²) in [6.07, 6.45) is -1.38. The molecule has 0 aliphatic rings. The first-order valence-electron chi connectivity index (χ1n) is 9.81. The van der Waals surface area contributed by atoms with Crippen LogP contribution >= 0.6 is 0 Å². The number of unbranched alkanes of at least 4 members (excludes halogenated alkanes) is 1. The molecule has 0 saturated carbocycles. The van der Waals surface area contributed by atoms with Gasteiger partial charge in [-0.2, -0.15) is 0 Å². The van der Waals surface area contributed by atoms with Gasteiger partial charge in [0.25, 0.3) is 5.69 Å². The number of para-hydroxylation sites is 1. The molecule has 0 bridgehead atoms. The number of nitro benzene ring substituents is 1. The quantitative estimate of drug-likeness (QED) is 0.284. The second-order valence-electron chi connectivity index (χ2n) is 7.82. The number of ether oxygens (including phenoxy) is 2. The Kier molecular flexibility index (Phi) is 9.71. The summed E-state index contributed by atoms with van der Waals surface area (Å²) >= 11 is 0. The molecule has 1 rings (SSSR count). The maximum atomic E-state index is 11.9. The van der Waals surface area contributed by atoms with E-state index < -0.39 is 40.8 Å². The molecule has 1 aromatic carbocycles. The Labute approximate surface area is 180 Å². The minimum absolute atomic E-state index is 0.139. The fraction of sp³-hybridized carbons (Fsp3) is 0.550. The van der Waals surface area contributed by atoms with Crippen LogP contribution in [0.25, 0.3) is 0 Å². The van der Waals surface area contributed by atoms with E-state index in [0.717, 1.165) is 0 Å². The fourth-order valence-corrected chi connectivity index (χ4v) is 2.63. The number of alkyl carbamates (subject to hydrolysis) is 2. The molecule has 0 saturated heterocycles. The number of aliphatic carboxylic acids is 1. The summed E-state index contributed by atoms with van der Waals surface area (Å²) in [5.41, 5.74) is -0.602. The molecule has 172 valence electrons. The Morgan fingerprint density at radius 1 is 1.16 bits per heavy atom. The van der Waals surface area contributed by atoms with Crippen molar-refractivity contribution in [3.8, 4) is 0 Å². The fourth-order valence-electron chi connectivity index (χ4n) is 2.63. The van der Waals surface area contributed by atoms with Crippen LogP contribution in [0.4, 0.5) is 15.3 Å². The van der Waals surface area contributed by atoms with Gasteiger partial charge >= 0.3 is 18.2 Å². The first-order chi connectivity index (χ1) is 14.4. The molecule has 2 atom stereocenters. The molecular weight excluding hydrogens is 410 g/mol. The number of nitro groups is 1. The predicted molar refractivity (Wildman–Crippen MR) is 111 cm³/mol. The molecule has 2 amide bonds. The van der Waals surface area contributed by atoms with E-state index in [2.05, 4.69) is 10.6 Å². The van der Waals surface area contributed by atoms with Crippen LogP contribution in [0.3, 0.4) is 0 Å². The Balaban J connectivity index is 2.39. The Morgan fingerprint density at radius 2 is 1.81 bits per heavy atom. The van der Waals surface area contributed by atoms with E-state index in [9.17, 15) is 29.6 Å². The van der Waals surface area contributed by atoms with Gasteiger partial charge in [-0.1, -0.05) is 12.1 Å². The first kappa shape index (κ1) is 25.7. The van der Waals surface area contributed by atoms with E-state index >= 15 is 0 Å². The lowest BCUT2D eigenvalue weighted by Gasteiger charge is -2.22. The molecule has 0 aliphatic carbocycles. The third-order valence-corrected chi connectivity index (χ3v) is 4.03. The maximum Gasteiger partial charge on any atom is 0.408 e. The van der Waals surface area contributed by atoms with E-state index in [1.165, 1.54) is 25.1 Å². The van der Waals surface area contributed by atoms with Gasteiger partial charge in [0, 0.05) is 12.6 Å². The topological polar surface area (TPSA) is 157 Å². The number of carboxylic acid groups (broad SMARTS) is 1. The number of benzene rings is 1. The minimum atomic E-state index is -1.18. The summed E-state index contributed by atoms with van der Waals surface area (Å²) < 4.78 is 10.2. The summed E-state index contributed by atoms with van der Waals surface area (Å²) in [7, 11) is 0. The van der Waals surface area contributed by atoms with Crippen LogP contribution < -0.4 is 10.6 Å². The van der Waals surface area contributed by atoms with E-state index in [1.54, 1.807) is 26.8 Å². The van der Waals surface area contributed by atoms with Gasteiger partial charge in [0.1, 0.15) is 17.7 Å². The van der Waals surface area contributed by atoms with Gasteiger partial charge < -0.3 is 25.2 Å². The minimum Gasteiger partial charge on any atom is -0.480 e. The van der Waals surface area contributed by atoms with Crippen molar-refractivity contribution in [2.45, 2.75) is 64.7 Å². The molecule has 11 nitrogen and oxygen atoms in total. The predicted octanol–water partition coefficient (Wildman–Crippen LogP) is 3.53. The lowest BCUT2D eigenvalue weighted by molar-refractivity contribution is -0.386. The average Bonchev–Trinajstić information content (AvgIpc) is 2.65. The highest BCUT2D eigenvalue weighted by molar-refractivity contribution is 5.79. The van der Waals surface area contributed by atoms with E-state index in [4.69, 9.17) is 9.47 Å². The van der Waals surface area contributed by atoms with Crippen molar-refractivity contribution in [2.75, 3.05) is 6.54 Å². The van der Waals surface area contributed by atoms with Crippen molar-refractivity contribution in [1.82, 2.24) is 10.6 Å². The normalized spacial score (nSPS) is 12.9. The zero-order valence-corrected chi connectivity index (χ0v) is 18.0. The highest BCUT2D eigenvalue weighted by Crippen LogP contribution is 2.26. The summed E-state index contributed by atoms with van der Waals surface area (Å²) in [4.78, 5) is 45.5. The molecule has 31 heavy (non-hydrogen) atoms. The zero-order valence-electron chi connectivity index (χ0n) is 18.0. The zero-order chi connectivity index (χ0) is 23.6. The summed E-state index contributed by atoms with van der Waals surface area (Å²) in [6.45, 7) is 6.75. The van der Waals surface area contributed by atoms with Gasteiger partial charge in [-0.3, -0.25) is 10.1 Å². The molecule has 0 aromatic heterocycles. The number of hydrogen-bond acceptors (Lipinski definition) is 7. The molecule has 1 aromatic rings. The largest absolute Gasteiger partial charge is 0.480 e. The number of carbonyl (C=O) groups is 3. The number of nitrogens with zero attached hydrogens (tertiary/aromatic N) is 1. The molecule has 2 unspecified atom stereocenters. The average molecular weight is 439 g/mol. The highest BCUT2D eigenvalue weighted by Gasteiger charge is 2.24. The Hall–Kier alpha value is -3.37. The van der Waals surface area contributed by atoms with Crippen molar-refractivity contribution in [3.63, 3.8) is 0 Å². The molecule has 0 fully saturated rings. The number of amides is 2. The van der Waals surface area contributed by atoms with Crippen LogP contribution in [-0.4, -0.2) is 46.4 Å². The molecule has 3 N–H and O–H groups in total. The van der Waals surface area contributed by atoms with Crippen LogP contribution in [0.2, 0.25) is 0 Å². The van der Waals surface area contributed by atoms with Crippen molar-refractivity contribution in [3.05, 3.63) is 39.9 Å².